The maximum absolute atomic E-state index is 13.3. The number of benzene rings is 2. The number of unbranched alkanes of at least 4 members (excludes halogenated alkanes) is 1. The summed E-state index contributed by atoms with van der Waals surface area (Å²) in [4.78, 5) is 40.8. The van der Waals surface area contributed by atoms with Gasteiger partial charge < -0.3 is 25.3 Å². The van der Waals surface area contributed by atoms with E-state index < -0.39 is 45.0 Å². The van der Waals surface area contributed by atoms with E-state index in [1.165, 1.54) is 6.08 Å². The molecule has 3 unspecified atom stereocenters. The molecule has 0 radical (unpaired) electrons. The Morgan fingerprint density at radius 3 is 2.49 bits per heavy atom. The van der Waals surface area contributed by atoms with Crippen molar-refractivity contribution in [1.82, 2.24) is 14.9 Å². The third kappa shape index (κ3) is 7.93. The number of allylic oxidation sites excluding steroid dienone is 1. The van der Waals surface area contributed by atoms with Crippen LogP contribution in [0.4, 0.5) is 0 Å². The summed E-state index contributed by atoms with van der Waals surface area (Å²) in [6, 6.07) is 12.3. The lowest BCUT2D eigenvalue weighted by Gasteiger charge is -2.26. The molecular formula is C35H41N4O7S-. The lowest BCUT2D eigenvalue weighted by molar-refractivity contribution is -0.140. The van der Waals surface area contributed by atoms with Gasteiger partial charge in [0.1, 0.15) is 18.4 Å². The Bertz CT molecular complexity index is 1680. The van der Waals surface area contributed by atoms with Gasteiger partial charge in [0.15, 0.2) is 0 Å². The van der Waals surface area contributed by atoms with Gasteiger partial charge in [-0.05, 0) is 74.3 Å². The van der Waals surface area contributed by atoms with Crippen molar-refractivity contribution in [3.63, 3.8) is 0 Å². The largest absolute Gasteiger partial charge is 0.791 e. The number of sulfonamides is 1. The summed E-state index contributed by atoms with van der Waals surface area (Å²) < 4.78 is 32.4. The summed E-state index contributed by atoms with van der Waals surface area (Å²) in [6.07, 6.45) is 9.70. The van der Waals surface area contributed by atoms with Crippen LogP contribution < -0.4 is 14.8 Å². The summed E-state index contributed by atoms with van der Waals surface area (Å²) in [7, 11) is -2.03. The predicted octanol–water partition coefficient (Wildman–Crippen LogP) is 4.26. The van der Waals surface area contributed by atoms with E-state index in [9.17, 15) is 28.0 Å². The summed E-state index contributed by atoms with van der Waals surface area (Å²) in [5.74, 6) is -1.78. The summed E-state index contributed by atoms with van der Waals surface area (Å²) in [6.45, 7) is 4.48. The minimum Gasteiger partial charge on any atom is -0.791 e. The third-order valence-corrected chi connectivity index (χ3v) is 10.8. The van der Waals surface area contributed by atoms with Crippen molar-refractivity contribution < 1.29 is 27.5 Å². The number of hydrogen-bond acceptors (Lipinski definition) is 8. The smallest absolute Gasteiger partial charge is 0.256 e. The van der Waals surface area contributed by atoms with Gasteiger partial charge in [0.05, 0.1) is 11.0 Å². The number of amides is 3. The van der Waals surface area contributed by atoms with Crippen LogP contribution in [-0.2, 0) is 24.4 Å². The quantitative estimate of drug-likeness (QED) is 0.140. The van der Waals surface area contributed by atoms with Crippen molar-refractivity contribution in [3.05, 3.63) is 83.6 Å². The van der Waals surface area contributed by atoms with Crippen molar-refractivity contribution in [2.24, 2.45) is 17.0 Å². The van der Waals surface area contributed by atoms with Gasteiger partial charge in [-0.1, -0.05) is 48.9 Å². The van der Waals surface area contributed by atoms with Gasteiger partial charge in [0.2, 0.25) is 21.8 Å². The molecule has 0 aliphatic heterocycles. The van der Waals surface area contributed by atoms with Crippen molar-refractivity contribution in [3.8, 4) is 16.9 Å². The van der Waals surface area contributed by atoms with E-state index in [1.54, 1.807) is 11.9 Å². The SMILES string of the molecule is C=CCC(NC(=O)C1CCCC1C(=O)N(C)CCC/C=C\COc1ccc2c(c1)/C(=N/[O-])c1ccccc1-2)C(=O)NS(=O)(=O)C1CC1. The van der Waals surface area contributed by atoms with Gasteiger partial charge in [0.25, 0.3) is 5.91 Å². The molecule has 12 heteroatoms. The predicted molar refractivity (Wildman–Crippen MR) is 180 cm³/mol. The maximum Gasteiger partial charge on any atom is 0.256 e. The molecule has 0 aromatic heterocycles. The molecule has 0 saturated heterocycles. The molecule has 5 rings (SSSR count). The molecule has 0 spiro atoms. The number of nitrogens with zero attached hydrogens (tertiary/aromatic N) is 2. The fraction of sp³-hybridized carbons (Fsp3) is 0.429. The molecular weight excluding hydrogens is 620 g/mol. The molecule has 2 aromatic carbocycles. The Kier molecular flexibility index (Phi) is 10.8. The second kappa shape index (κ2) is 15.0. The number of rotatable bonds is 15. The Balaban J connectivity index is 1.05. The highest BCUT2D eigenvalue weighted by Gasteiger charge is 2.41. The second-order valence-electron chi connectivity index (χ2n) is 12.3. The Labute approximate surface area is 275 Å². The van der Waals surface area contributed by atoms with Crippen molar-refractivity contribution in [1.29, 1.82) is 0 Å². The monoisotopic (exact) mass is 661 g/mol. The average Bonchev–Trinajstić information content (AvgIpc) is 3.74. The number of hydrogen-bond donors (Lipinski definition) is 2. The zero-order valence-corrected chi connectivity index (χ0v) is 27.3. The van der Waals surface area contributed by atoms with Crippen LogP contribution in [0.15, 0.2) is 72.4 Å². The number of fused-ring (bicyclic) bond motifs is 3. The Morgan fingerprint density at radius 1 is 1.04 bits per heavy atom. The van der Waals surface area contributed by atoms with Gasteiger partial charge in [-0.15, -0.1) is 6.58 Å². The highest BCUT2D eigenvalue weighted by atomic mass is 32.2. The van der Waals surface area contributed by atoms with Crippen LogP contribution in [0.2, 0.25) is 0 Å². The molecule has 3 aliphatic rings. The molecule has 2 N–H and O–H groups in total. The molecule has 0 heterocycles. The zero-order chi connectivity index (χ0) is 33.6. The minimum absolute atomic E-state index is 0.0703. The van der Waals surface area contributed by atoms with Crippen LogP contribution in [0.1, 0.15) is 62.5 Å². The number of ether oxygens (including phenoxy) is 1. The Morgan fingerprint density at radius 2 is 1.77 bits per heavy atom. The van der Waals surface area contributed by atoms with Crippen LogP contribution in [0.5, 0.6) is 5.75 Å². The van der Waals surface area contributed by atoms with Gasteiger partial charge >= 0.3 is 0 Å². The summed E-state index contributed by atoms with van der Waals surface area (Å²) in [5.41, 5.74) is 3.95. The van der Waals surface area contributed by atoms with Gasteiger partial charge in [-0.25, -0.2) is 8.42 Å². The minimum atomic E-state index is -3.75. The normalized spacial score (nSPS) is 20.0. The van der Waals surface area contributed by atoms with E-state index in [0.717, 1.165) is 35.1 Å². The van der Waals surface area contributed by atoms with E-state index in [2.05, 4.69) is 21.8 Å². The van der Waals surface area contributed by atoms with Crippen LogP contribution in [0.3, 0.4) is 0 Å². The van der Waals surface area contributed by atoms with E-state index >= 15 is 0 Å². The number of nitrogens with one attached hydrogen (secondary N) is 2. The molecule has 3 atom stereocenters. The molecule has 11 nitrogen and oxygen atoms in total. The third-order valence-electron chi connectivity index (χ3n) is 8.97. The fourth-order valence-corrected chi connectivity index (χ4v) is 7.65. The standard InChI is InChI=1S/C35H42N4O7S/c1-3-11-31(34(41)38-47(44,45)24-17-18-24)36-33(40)28-14-10-15-29(28)35(42)39(2)20-8-4-5-9-21-46-23-16-19-26-25-12-6-7-13-27(25)32(37-43)30(26)22-23/h3,5-7,9,12-13,16,19,22,24,28-29,31,43H,1,4,8,10-11,14-15,17-18,20-21H2,2H3,(H,36,40)(H,38,41)/p-1/b9-5-,37-32+. The first kappa shape index (κ1) is 33.9. The molecule has 2 aromatic rings. The van der Waals surface area contributed by atoms with E-state index in [1.807, 2.05) is 54.6 Å². The topological polar surface area (TPSA) is 157 Å². The first-order valence-corrected chi connectivity index (χ1v) is 17.6. The second-order valence-corrected chi connectivity index (χ2v) is 14.3. The molecule has 0 bridgehead atoms. The number of carbonyl (C=O) groups excluding carboxylic acids is 3. The highest BCUT2D eigenvalue weighted by Crippen LogP contribution is 2.39. The molecule has 2 saturated carbocycles. The van der Waals surface area contributed by atoms with Crippen molar-refractivity contribution in [2.45, 2.75) is 62.7 Å². The van der Waals surface area contributed by atoms with Crippen LogP contribution in [-0.4, -0.2) is 68.2 Å². The average molecular weight is 662 g/mol. The van der Waals surface area contributed by atoms with Gasteiger partial charge in [-0.2, -0.15) is 0 Å². The molecule has 3 aliphatic carbocycles. The summed E-state index contributed by atoms with van der Waals surface area (Å²) >= 11 is 0. The first-order chi connectivity index (χ1) is 22.6. The zero-order valence-electron chi connectivity index (χ0n) is 26.5. The van der Waals surface area contributed by atoms with Crippen molar-refractivity contribution in [2.75, 3.05) is 20.2 Å². The molecule has 3 amide bonds. The van der Waals surface area contributed by atoms with E-state index in [0.29, 0.717) is 56.7 Å². The molecule has 2 fully saturated rings. The summed E-state index contributed by atoms with van der Waals surface area (Å²) in [5, 5.41) is 16.9. The van der Waals surface area contributed by atoms with Crippen molar-refractivity contribution >= 4 is 33.5 Å². The van der Waals surface area contributed by atoms with Gasteiger partial charge in [-0.3, -0.25) is 19.1 Å². The van der Waals surface area contributed by atoms with Gasteiger partial charge in [0, 0.05) is 36.6 Å². The lowest BCUT2D eigenvalue weighted by Crippen LogP contribution is -2.51. The Hall–Kier alpha value is -4.45. The van der Waals surface area contributed by atoms with E-state index in [4.69, 9.17) is 4.74 Å². The fourth-order valence-electron chi connectivity index (χ4n) is 6.30. The molecule has 47 heavy (non-hydrogen) atoms. The molecule has 250 valence electrons. The number of carbonyl (C=O) groups is 3. The van der Waals surface area contributed by atoms with Crippen LogP contribution >= 0.6 is 0 Å². The highest BCUT2D eigenvalue weighted by molar-refractivity contribution is 7.90. The lowest BCUT2D eigenvalue weighted by atomic mass is 9.93. The van der Waals surface area contributed by atoms with Crippen LogP contribution in [0, 0.1) is 17.0 Å². The van der Waals surface area contributed by atoms with Crippen LogP contribution in [0.25, 0.3) is 11.1 Å². The first-order valence-electron chi connectivity index (χ1n) is 16.1. The van der Waals surface area contributed by atoms with E-state index in [-0.39, 0.29) is 12.3 Å². The maximum atomic E-state index is 13.3.